The van der Waals surface area contributed by atoms with E-state index in [0.717, 1.165) is 11.1 Å². The summed E-state index contributed by atoms with van der Waals surface area (Å²) in [4.78, 5) is 23.2. The fraction of sp³-hybridized carbons (Fsp3) is 0.154. The lowest BCUT2D eigenvalue weighted by Gasteiger charge is -2.08. The lowest BCUT2D eigenvalue weighted by Crippen LogP contribution is -2.12. The van der Waals surface area contributed by atoms with Crippen molar-refractivity contribution in [2.45, 2.75) is 13.8 Å². The van der Waals surface area contributed by atoms with Gasteiger partial charge in [-0.3, -0.25) is 14.9 Å². The predicted octanol–water partition coefficient (Wildman–Crippen LogP) is 4.29. The average molecular weight is 355 g/mol. The maximum absolute atomic E-state index is 12.1. The molecule has 0 fully saturated rings. The molecule has 5 nitrogen and oxygen atoms in total. The van der Waals surface area contributed by atoms with Gasteiger partial charge in [0.05, 0.1) is 4.92 Å². The molecular weight excluding hydrogens is 344 g/mol. The van der Waals surface area contributed by atoms with E-state index >= 15 is 0 Å². The second-order valence-corrected chi connectivity index (χ2v) is 6.03. The Labute approximate surface area is 127 Å². The topological polar surface area (TPSA) is 72.2 Å². The number of rotatable bonds is 3. The molecule has 2 rings (SSSR count). The number of nitrogens with one attached hydrogen (secondary N) is 1. The first-order valence-corrected chi connectivity index (χ1v) is 7.37. The van der Waals surface area contributed by atoms with E-state index in [1.54, 1.807) is 24.4 Å². The summed E-state index contributed by atoms with van der Waals surface area (Å²) in [6.45, 7) is 3.64. The zero-order valence-electron chi connectivity index (χ0n) is 10.8. The van der Waals surface area contributed by atoms with E-state index < -0.39 is 4.92 Å². The molecule has 0 aliphatic heterocycles. The average Bonchev–Trinajstić information content (AvgIpc) is 2.79. The summed E-state index contributed by atoms with van der Waals surface area (Å²) >= 11 is 4.54. The molecule has 1 aromatic heterocycles. The van der Waals surface area contributed by atoms with Gasteiger partial charge < -0.3 is 5.32 Å². The van der Waals surface area contributed by atoms with Gasteiger partial charge in [0.2, 0.25) is 0 Å². The van der Waals surface area contributed by atoms with Crippen LogP contribution in [0.4, 0.5) is 11.4 Å². The Kier molecular flexibility index (Phi) is 4.20. The second kappa shape index (κ2) is 5.72. The summed E-state index contributed by atoms with van der Waals surface area (Å²) in [6.07, 6.45) is 0. The number of carbonyl (C=O) groups excluding carboxylic acids is 1. The van der Waals surface area contributed by atoms with Gasteiger partial charge in [-0.25, -0.2) is 0 Å². The van der Waals surface area contributed by atoms with Crippen LogP contribution in [0, 0.1) is 24.0 Å². The molecule has 0 atom stereocenters. The van der Waals surface area contributed by atoms with Gasteiger partial charge in [0.1, 0.15) is 10.6 Å². The highest BCUT2D eigenvalue weighted by Crippen LogP contribution is 2.30. The van der Waals surface area contributed by atoms with Gasteiger partial charge in [0.25, 0.3) is 11.6 Å². The summed E-state index contributed by atoms with van der Waals surface area (Å²) in [5.74, 6) is -0.363. The molecule has 1 aromatic carbocycles. The Hall–Kier alpha value is -1.73. The van der Waals surface area contributed by atoms with Gasteiger partial charge in [-0.2, -0.15) is 0 Å². The lowest BCUT2D eigenvalue weighted by atomic mass is 10.1. The van der Waals surface area contributed by atoms with Crippen molar-refractivity contribution in [1.29, 1.82) is 0 Å². The van der Waals surface area contributed by atoms with Crippen molar-refractivity contribution in [2.75, 3.05) is 5.32 Å². The number of anilines is 1. The number of halogens is 1. The Morgan fingerprint density at radius 2 is 2.00 bits per heavy atom. The van der Waals surface area contributed by atoms with Gasteiger partial charge in [0.15, 0.2) is 0 Å². The number of nitro groups is 1. The SMILES string of the molecule is Cc1cc(NC(=O)c2sccc2Br)c([N+](=O)[O-])cc1C. The van der Waals surface area contributed by atoms with Crippen LogP contribution in [0.5, 0.6) is 0 Å². The van der Waals surface area contributed by atoms with Crippen LogP contribution in [-0.2, 0) is 0 Å². The quantitative estimate of drug-likeness (QED) is 0.660. The van der Waals surface area contributed by atoms with E-state index in [9.17, 15) is 14.9 Å². The maximum Gasteiger partial charge on any atom is 0.293 e. The van der Waals surface area contributed by atoms with E-state index in [-0.39, 0.29) is 17.3 Å². The Morgan fingerprint density at radius 3 is 2.55 bits per heavy atom. The minimum absolute atomic E-state index is 0.103. The summed E-state index contributed by atoms with van der Waals surface area (Å²) in [5.41, 5.74) is 1.81. The number of amides is 1. The molecule has 0 bridgehead atoms. The maximum atomic E-state index is 12.1. The van der Waals surface area contributed by atoms with Crippen LogP contribution in [0.25, 0.3) is 0 Å². The van der Waals surface area contributed by atoms with Crippen LogP contribution < -0.4 is 5.32 Å². The molecule has 0 spiro atoms. The summed E-state index contributed by atoms with van der Waals surface area (Å²) in [5, 5.41) is 15.4. The standard InChI is InChI=1S/C13H11BrN2O3S/c1-7-5-10(11(16(18)19)6-8(7)2)15-13(17)12-9(14)3-4-20-12/h3-6H,1-2H3,(H,15,17). The van der Waals surface area contributed by atoms with Gasteiger partial charge >= 0.3 is 0 Å². The molecule has 0 aliphatic carbocycles. The Morgan fingerprint density at radius 1 is 1.35 bits per heavy atom. The summed E-state index contributed by atoms with van der Waals surface area (Å²) in [6, 6.07) is 4.84. The summed E-state index contributed by atoms with van der Waals surface area (Å²) in [7, 11) is 0. The molecule has 0 saturated carbocycles. The lowest BCUT2D eigenvalue weighted by molar-refractivity contribution is -0.384. The molecule has 1 amide bonds. The molecule has 2 aromatic rings. The molecule has 1 heterocycles. The third-order valence-electron chi connectivity index (χ3n) is 2.88. The molecule has 0 unspecified atom stereocenters. The van der Waals surface area contributed by atoms with Crippen molar-refractivity contribution in [3.05, 3.63) is 54.2 Å². The number of carbonyl (C=O) groups is 1. The largest absolute Gasteiger partial charge is 0.315 e. The second-order valence-electron chi connectivity index (χ2n) is 4.26. The third kappa shape index (κ3) is 2.88. The predicted molar refractivity (Wildman–Crippen MR) is 82.5 cm³/mol. The highest BCUT2D eigenvalue weighted by atomic mass is 79.9. The molecule has 0 radical (unpaired) electrons. The molecule has 0 saturated heterocycles. The summed E-state index contributed by atoms with van der Waals surface area (Å²) < 4.78 is 0.673. The number of nitro benzene ring substituents is 1. The minimum atomic E-state index is -0.495. The number of thiophene rings is 1. The fourth-order valence-corrected chi connectivity index (χ4v) is 3.13. The van der Waals surface area contributed by atoms with Gasteiger partial charge in [0, 0.05) is 10.5 Å². The molecule has 0 aliphatic rings. The fourth-order valence-electron chi connectivity index (χ4n) is 1.69. The van der Waals surface area contributed by atoms with Crippen LogP contribution >= 0.6 is 27.3 Å². The van der Waals surface area contributed by atoms with Crippen LogP contribution in [-0.4, -0.2) is 10.8 Å². The van der Waals surface area contributed by atoms with Crippen molar-refractivity contribution < 1.29 is 9.72 Å². The molecule has 104 valence electrons. The monoisotopic (exact) mass is 354 g/mol. The van der Waals surface area contributed by atoms with Crippen LogP contribution in [0.1, 0.15) is 20.8 Å². The number of hydrogen-bond acceptors (Lipinski definition) is 4. The van der Waals surface area contributed by atoms with E-state index in [0.29, 0.717) is 9.35 Å². The normalized spacial score (nSPS) is 10.3. The zero-order valence-corrected chi connectivity index (χ0v) is 13.2. The zero-order chi connectivity index (χ0) is 14.9. The van der Waals surface area contributed by atoms with E-state index in [4.69, 9.17) is 0 Å². The van der Waals surface area contributed by atoms with Crippen LogP contribution in [0.3, 0.4) is 0 Å². The van der Waals surface area contributed by atoms with E-state index in [1.807, 2.05) is 6.92 Å². The first-order valence-electron chi connectivity index (χ1n) is 5.70. The molecular formula is C13H11BrN2O3S. The van der Waals surface area contributed by atoms with E-state index in [1.165, 1.54) is 17.4 Å². The number of aryl methyl sites for hydroxylation is 2. The minimum Gasteiger partial charge on any atom is -0.315 e. The molecule has 20 heavy (non-hydrogen) atoms. The first kappa shape index (κ1) is 14.7. The highest BCUT2D eigenvalue weighted by molar-refractivity contribution is 9.10. The first-order chi connectivity index (χ1) is 9.40. The number of nitrogens with zero attached hydrogens (tertiary/aromatic N) is 1. The van der Waals surface area contributed by atoms with Gasteiger partial charge in [-0.05, 0) is 58.4 Å². The van der Waals surface area contributed by atoms with Gasteiger partial charge in [-0.1, -0.05) is 0 Å². The molecule has 1 N–H and O–H groups in total. The van der Waals surface area contributed by atoms with Gasteiger partial charge in [-0.15, -0.1) is 11.3 Å². The number of hydrogen-bond donors (Lipinski definition) is 1. The van der Waals surface area contributed by atoms with Crippen LogP contribution in [0.15, 0.2) is 28.1 Å². The van der Waals surface area contributed by atoms with Crippen molar-refractivity contribution >= 4 is 44.5 Å². The van der Waals surface area contributed by atoms with Crippen molar-refractivity contribution in [3.63, 3.8) is 0 Å². The van der Waals surface area contributed by atoms with Crippen LogP contribution in [0.2, 0.25) is 0 Å². The van der Waals surface area contributed by atoms with E-state index in [2.05, 4.69) is 21.2 Å². The van der Waals surface area contributed by atoms with Crippen molar-refractivity contribution in [1.82, 2.24) is 0 Å². The third-order valence-corrected chi connectivity index (χ3v) is 4.72. The smallest absolute Gasteiger partial charge is 0.293 e. The number of benzene rings is 1. The van der Waals surface area contributed by atoms with Crippen molar-refractivity contribution in [2.24, 2.45) is 0 Å². The Bertz CT molecular complexity index is 697. The highest BCUT2D eigenvalue weighted by Gasteiger charge is 2.19. The Balaban J connectivity index is 2.38. The van der Waals surface area contributed by atoms with Crippen molar-refractivity contribution in [3.8, 4) is 0 Å². The molecule has 7 heteroatoms.